The van der Waals surface area contributed by atoms with Crippen LogP contribution in [0.2, 0.25) is 0 Å². The Hall–Kier alpha value is -1.26. The average Bonchev–Trinajstić information content (AvgIpc) is 2.30. The summed E-state index contributed by atoms with van der Waals surface area (Å²) in [5.74, 6) is 3.44. The average molecular weight is 229 g/mol. The van der Waals surface area contributed by atoms with Gasteiger partial charge in [0.05, 0.1) is 5.54 Å². The molecule has 1 unspecified atom stereocenters. The van der Waals surface area contributed by atoms with Gasteiger partial charge in [0, 0.05) is 6.54 Å². The van der Waals surface area contributed by atoms with Crippen molar-refractivity contribution in [3.63, 3.8) is 0 Å². The maximum atomic E-state index is 5.54. The molecule has 0 radical (unpaired) electrons. The molecule has 0 spiro atoms. The molecule has 0 saturated carbocycles. The Morgan fingerprint density at radius 2 is 1.88 bits per heavy atom. The summed E-state index contributed by atoms with van der Waals surface area (Å²) in [5, 5.41) is 0. The van der Waals surface area contributed by atoms with E-state index in [9.17, 15) is 0 Å². The summed E-state index contributed by atoms with van der Waals surface area (Å²) in [6, 6.07) is 10.6. The van der Waals surface area contributed by atoms with Gasteiger partial charge >= 0.3 is 0 Å². The van der Waals surface area contributed by atoms with E-state index in [-0.39, 0.29) is 5.54 Å². The van der Waals surface area contributed by atoms with E-state index in [2.05, 4.69) is 69.0 Å². The second-order valence-corrected chi connectivity index (χ2v) is 5.38. The molecule has 17 heavy (non-hydrogen) atoms. The van der Waals surface area contributed by atoms with Crippen LogP contribution in [0.15, 0.2) is 30.3 Å². The first-order chi connectivity index (χ1) is 7.95. The summed E-state index contributed by atoms with van der Waals surface area (Å²) in [7, 11) is 2.10. The Kier molecular flexibility index (Phi) is 4.78. The highest BCUT2D eigenvalue weighted by molar-refractivity contribution is 5.15. The fourth-order valence-corrected chi connectivity index (χ4v) is 1.89. The van der Waals surface area contributed by atoms with Crippen LogP contribution in [0.3, 0.4) is 0 Å². The van der Waals surface area contributed by atoms with Crippen molar-refractivity contribution in [2.75, 3.05) is 13.6 Å². The maximum Gasteiger partial charge on any atom is 0.0763 e. The van der Waals surface area contributed by atoms with Crippen molar-refractivity contribution in [3.8, 4) is 12.3 Å². The molecule has 0 amide bonds. The predicted molar refractivity (Wildman–Crippen MR) is 74.9 cm³/mol. The van der Waals surface area contributed by atoms with Gasteiger partial charge in [0.25, 0.3) is 0 Å². The van der Waals surface area contributed by atoms with Crippen molar-refractivity contribution in [3.05, 3.63) is 35.9 Å². The van der Waals surface area contributed by atoms with Gasteiger partial charge in [-0.3, -0.25) is 4.90 Å². The van der Waals surface area contributed by atoms with E-state index in [1.807, 2.05) is 0 Å². The fraction of sp³-hybridized carbons (Fsp3) is 0.500. The van der Waals surface area contributed by atoms with Crippen LogP contribution < -0.4 is 0 Å². The minimum absolute atomic E-state index is 0.162. The van der Waals surface area contributed by atoms with Gasteiger partial charge in [-0.25, -0.2) is 0 Å². The number of rotatable bonds is 5. The predicted octanol–water partition coefficient (Wildman–Crippen LogP) is 3.21. The molecular weight excluding hydrogens is 206 g/mol. The third-order valence-corrected chi connectivity index (χ3v) is 3.32. The lowest BCUT2D eigenvalue weighted by atomic mass is 9.98. The van der Waals surface area contributed by atoms with Crippen molar-refractivity contribution < 1.29 is 0 Å². The summed E-state index contributed by atoms with van der Waals surface area (Å²) >= 11 is 0. The smallest absolute Gasteiger partial charge is 0.0763 e. The van der Waals surface area contributed by atoms with E-state index < -0.39 is 0 Å². The lowest BCUT2D eigenvalue weighted by molar-refractivity contribution is 0.186. The Labute approximate surface area is 106 Å². The standard InChI is InChI=1S/C16H23N/c1-6-16(3,4)17(5)13-14(2)12-15-10-8-7-9-11-15/h1,7-11,14H,12-13H2,2-5H3. The molecule has 0 aliphatic carbocycles. The van der Waals surface area contributed by atoms with E-state index >= 15 is 0 Å². The molecule has 92 valence electrons. The number of hydrogen-bond donors (Lipinski definition) is 0. The monoisotopic (exact) mass is 229 g/mol. The molecule has 0 aliphatic heterocycles. The molecular formula is C16H23N. The van der Waals surface area contributed by atoms with Crippen LogP contribution >= 0.6 is 0 Å². The first-order valence-corrected chi connectivity index (χ1v) is 6.18. The summed E-state index contributed by atoms with van der Waals surface area (Å²) in [6.07, 6.45) is 6.65. The Morgan fingerprint density at radius 1 is 1.29 bits per heavy atom. The quantitative estimate of drug-likeness (QED) is 0.701. The van der Waals surface area contributed by atoms with Gasteiger partial charge in [-0.15, -0.1) is 6.42 Å². The zero-order chi connectivity index (χ0) is 12.9. The molecule has 1 heteroatoms. The Balaban J connectivity index is 2.51. The molecule has 1 aromatic carbocycles. The van der Waals surface area contributed by atoms with Crippen LogP contribution in [0.1, 0.15) is 26.3 Å². The number of nitrogens with zero attached hydrogens (tertiary/aromatic N) is 1. The molecule has 0 bridgehead atoms. The molecule has 1 aromatic rings. The highest BCUT2D eigenvalue weighted by Crippen LogP contribution is 2.15. The summed E-state index contributed by atoms with van der Waals surface area (Å²) < 4.78 is 0. The van der Waals surface area contributed by atoms with Crippen LogP contribution in [0.4, 0.5) is 0 Å². The Morgan fingerprint density at radius 3 is 2.41 bits per heavy atom. The summed E-state index contributed by atoms with van der Waals surface area (Å²) in [5.41, 5.74) is 1.23. The fourth-order valence-electron chi connectivity index (χ4n) is 1.89. The molecule has 1 rings (SSSR count). The summed E-state index contributed by atoms with van der Waals surface area (Å²) in [4.78, 5) is 2.25. The largest absolute Gasteiger partial charge is 0.291 e. The SMILES string of the molecule is C#CC(C)(C)N(C)CC(C)Cc1ccccc1. The van der Waals surface area contributed by atoms with E-state index in [1.165, 1.54) is 5.56 Å². The molecule has 0 aliphatic rings. The van der Waals surface area contributed by atoms with Gasteiger partial charge < -0.3 is 0 Å². The van der Waals surface area contributed by atoms with Crippen LogP contribution in [0.25, 0.3) is 0 Å². The van der Waals surface area contributed by atoms with Crippen LogP contribution in [0.5, 0.6) is 0 Å². The second-order valence-electron chi connectivity index (χ2n) is 5.38. The second kappa shape index (κ2) is 5.89. The molecule has 0 fully saturated rings. The highest BCUT2D eigenvalue weighted by Gasteiger charge is 2.21. The number of terminal acetylenes is 1. The van der Waals surface area contributed by atoms with Crippen LogP contribution in [0, 0.1) is 18.3 Å². The summed E-state index contributed by atoms with van der Waals surface area (Å²) in [6.45, 7) is 7.46. The van der Waals surface area contributed by atoms with Crippen molar-refractivity contribution in [1.29, 1.82) is 0 Å². The number of hydrogen-bond acceptors (Lipinski definition) is 1. The minimum atomic E-state index is -0.162. The van der Waals surface area contributed by atoms with Crippen LogP contribution in [-0.4, -0.2) is 24.0 Å². The van der Waals surface area contributed by atoms with Crippen molar-refractivity contribution in [2.45, 2.75) is 32.7 Å². The van der Waals surface area contributed by atoms with Gasteiger partial charge in [-0.2, -0.15) is 0 Å². The van der Waals surface area contributed by atoms with Gasteiger partial charge in [0.2, 0.25) is 0 Å². The topological polar surface area (TPSA) is 3.24 Å². The molecule has 1 atom stereocenters. The zero-order valence-electron chi connectivity index (χ0n) is 11.4. The molecule has 0 heterocycles. The number of benzene rings is 1. The maximum absolute atomic E-state index is 5.54. The van der Waals surface area contributed by atoms with Gasteiger partial charge in [-0.05, 0) is 38.8 Å². The zero-order valence-corrected chi connectivity index (χ0v) is 11.4. The van der Waals surface area contributed by atoms with Gasteiger partial charge in [-0.1, -0.05) is 43.2 Å². The van der Waals surface area contributed by atoms with E-state index in [0.717, 1.165) is 13.0 Å². The minimum Gasteiger partial charge on any atom is -0.291 e. The lowest BCUT2D eigenvalue weighted by Crippen LogP contribution is -2.42. The third-order valence-electron chi connectivity index (χ3n) is 3.32. The normalized spacial score (nSPS) is 13.4. The molecule has 0 saturated heterocycles. The van der Waals surface area contributed by atoms with Crippen molar-refractivity contribution in [1.82, 2.24) is 4.90 Å². The Bertz CT molecular complexity index is 372. The first-order valence-electron chi connectivity index (χ1n) is 6.18. The van der Waals surface area contributed by atoms with E-state index in [4.69, 9.17) is 6.42 Å². The van der Waals surface area contributed by atoms with Gasteiger partial charge in [0.15, 0.2) is 0 Å². The third kappa shape index (κ3) is 4.24. The van der Waals surface area contributed by atoms with Gasteiger partial charge in [0.1, 0.15) is 0 Å². The molecule has 1 nitrogen and oxygen atoms in total. The molecule has 0 aromatic heterocycles. The lowest BCUT2D eigenvalue weighted by Gasteiger charge is -2.33. The highest BCUT2D eigenvalue weighted by atomic mass is 15.2. The molecule has 0 N–H and O–H groups in total. The van der Waals surface area contributed by atoms with Crippen LogP contribution in [-0.2, 0) is 6.42 Å². The van der Waals surface area contributed by atoms with Crippen molar-refractivity contribution in [2.24, 2.45) is 5.92 Å². The van der Waals surface area contributed by atoms with E-state index in [1.54, 1.807) is 0 Å². The van der Waals surface area contributed by atoms with E-state index in [0.29, 0.717) is 5.92 Å². The van der Waals surface area contributed by atoms with Crippen molar-refractivity contribution >= 4 is 0 Å². The first kappa shape index (κ1) is 13.8.